The van der Waals surface area contributed by atoms with E-state index in [2.05, 4.69) is 204 Å². The van der Waals surface area contributed by atoms with Crippen LogP contribution in [-0.2, 0) is 16.2 Å². The number of thiophene rings is 1. The molecular weight excluding hydrogens is 772 g/mol. The molecule has 0 saturated carbocycles. The molecule has 0 saturated heterocycles. The van der Waals surface area contributed by atoms with Crippen molar-refractivity contribution in [1.29, 1.82) is 0 Å². The van der Waals surface area contributed by atoms with Crippen LogP contribution in [0.15, 0.2) is 108 Å². The van der Waals surface area contributed by atoms with Crippen molar-refractivity contribution in [1.82, 2.24) is 0 Å². The van der Waals surface area contributed by atoms with Crippen LogP contribution in [0.1, 0.15) is 107 Å². The average Bonchev–Trinajstić information content (AvgIpc) is 3.79. The van der Waals surface area contributed by atoms with Crippen LogP contribution in [0.3, 0.4) is 0 Å². The van der Waals surface area contributed by atoms with Gasteiger partial charge in [0.25, 0.3) is 6.71 Å². The summed E-state index contributed by atoms with van der Waals surface area (Å²) >= 11 is 1.99. The Balaban J connectivity index is 1.30. The summed E-state index contributed by atoms with van der Waals surface area (Å²) in [6.45, 7) is 32.6. The Morgan fingerprint density at radius 3 is 1.71 bits per heavy atom. The van der Waals surface area contributed by atoms with Crippen molar-refractivity contribution in [3.8, 4) is 11.3 Å². The van der Waals surface area contributed by atoms with Crippen LogP contribution in [0.4, 0.5) is 34.1 Å². The maximum absolute atomic E-state index is 6.44. The first kappa shape index (κ1) is 40.6. The molecule has 0 bridgehead atoms. The summed E-state index contributed by atoms with van der Waals surface area (Å²) < 4.78 is 9.20. The van der Waals surface area contributed by atoms with Gasteiger partial charge < -0.3 is 14.2 Å². The van der Waals surface area contributed by atoms with Crippen LogP contribution in [0.5, 0.6) is 0 Å². The molecule has 6 aromatic carbocycles. The van der Waals surface area contributed by atoms with Gasteiger partial charge in [-0.05, 0) is 161 Å². The zero-order valence-electron chi connectivity index (χ0n) is 39.1. The molecule has 2 aliphatic heterocycles. The van der Waals surface area contributed by atoms with Gasteiger partial charge in [0.2, 0.25) is 0 Å². The predicted octanol–water partition coefficient (Wildman–Crippen LogP) is 14.8. The molecule has 312 valence electrons. The lowest BCUT2D eigenvalue weighted by Crippen LogP contribution is -2.60. The van der Waals surface area contributed by atoms with Crippen molar-refractivity contribution in [2.75, 3.05) is 9.80 Å². The molecule has 0 N–H and O–H groups in total. The molecule has 4 heterocycles. The molecule has 2 aromatic heterocycles. The zero-order valence-corrected chi connectivity index (χ0v) is 39.9. The van der Waals surface area contributed by atoms with Gasteiger partial charge in [0.1, 0.15) is 11.3 Å². The van der Waals surface area contributed by atoms with Crippen molar-refractivity contribution >= 4 is 88.9 Å². The molecule has 0 atom stereocenters. The first-order valence-electron chi connectivity index (χ1n) is 22.4. The Kier molecular flexibility index (Phi) is 8.99. The number of furan rings is 1. The summed E-state index contributed by atoms with van der Waals surface area (Å²) in [7, 11) is 0. The minimum Gasteiger partial charge on any atom is -0.456 e. The third kappa shape index (κ3) is 6.28. The van der Waals surface area contributed by atoms with E-state index in [4.69, 9.17) is 4.42 Å². The first-order chi connectivity index (χ1) is 29.2. The second-order valence-electron chi connectivity index (χ2n) is 21.4. The monoisotopic (exact) mass is 830 g/mol. The van der Waals surface area contributed by atoms with Gasteiger partial charge in [-0.1, -0.05) is 111 Å². The maximum atomic E-state index is 6.44. The number of fused-ring (bicyclic) bond motifs is 7. The van der Waals surface area contributed by atoms with E-state index < -0.39 is 0 Å². The van der Waals surface area contributed by atoms with Gasteiger partial charge in [-0.15, -0.1) is 11.3 Å². The number of hydrogen-bond acceptors (Lipinski definition) is 4. The molecule has 0 aliphatic carbocycles. The topological polar surface area (TPSA) is 19.6 Å². The SMILES string of the molecule is Cc1cc2c3c(c1)N(c1c(C)cc(C(C)(C)C)cc1C)c1c(sc4ccc(C(C)(C)C)cc14)B3c1cc(C(C)(C)C)ccc1N2c1c(C)cc(-c2cc3ccccc3o2)cc1C. The van der Waals surface area contributed by atoms with Crippen molar-refractivity contribution in [3.05, 3.63) is 148 Å². The predicted molar refractivity (Wildman–Crippen MR) is 271 cm³/mol. The molecule has 8 aromatic rings. The number of hydrogen-bond donors (Lipinski definition) is 0. The summed E-state index contributed by atoms with van der Waals surface area (Å²) in [6.07, 6.45) is 0. The Labute approximate surface area is 373 Å². The molecule has 3 nitrogen and oxygen atoms in total. The minimum absolute atomic E-state index is 0.0135. The maximum Gasteiger partial charge on any atom is 0.264 e. The second kappa shape index (κ2) is 13.7. The Morgan fingerprint density at radius 2 is 1.08 bits per heavy atom. The van der Waals surface area contributed by atoms with Crippen LogP contribution >= 0.6 is 11.3 Å². The Morgan fingerprint density at radius 1 is 0.516 bits per heavy atom. The summed E-state index contributed by atoms with van der Waals surface area (Å²) in [4.78, 5) is 5.29. The number of para-hydroxylation sites is 1. The fourth-order valence-corrected chi connectivity index (χ4v) is 11.6. The van der Waals surface area contributed by atoms with E-state index in [1.165, 1.54) is 104 Å². The van der Waals surface area contributed by atoms with Crippen LogP contribution < -0.4 is 25.5 Å². The third-order valence-corrected chi connectivity index (χ3v) is 14.8. The highest BCUT2D eigenvalue weighted by atomic mass is 32.1. The van der Waals surface area contributed by atoms with Gasteiger partial charge in [-0.2, -0.15) is 0 Å². The van der Waals surface area contributed by atoms with Crippen LogP contribution in [-0.4, -0.2) is 6.71 Å². The first-order valence-corrected chi connectivity index (χ1v) is 23.2. The van der Waals surface area contributed by atoms with Gasteiger partial charge in [-0.25, -0.2) is 0 Å². The fourth-order valence-electron chi connectivity index (χ4n) is 10.3. The summed E-state index contributed by atoms with van der Waals surface area (Å²) in [5, 5.41) is 2.46. The molecule has 62 heavy (non-hydrogen) atoms. The normalized spacial score (nSPS) is 13.9. The van der Waals surface area contributed by atoms with Crippen molar-refractivity contribution in [3.63, 3.8) is 0 Å². The number of aryl methyl sites for hydroxylation is 5. The molecule has 10 rings (SSSR count). The molecule has 0 radical (unpaired) electrons. The minimum atomic E-state index is -0.0232. The lowest BCUT2D eigenvalue weighted by Gasteiger charge is -2.45. The Hall–Kier alpha value is -5.52. The van der Waals surface area contributed by atoms with E-state index in [-0.39, 0.29) is 23.0 Å². The highest BCUT2D eigenvalue weighted by molar-refractivity contribution is 7.33. The van der Waals surface area contributed by atoms with Crippen molar-refractivity contribution < 1.29 is 4.42 Å². The zero-order chi connectivity index (χ0) is 43.9. The van der Waals surface area contributed by atoms with E-state index >= 15 is 0 Å². The lowest BCUT2D eigenvalue weighted by atomic mass is 9.36. The van der Waals surface area contributed by atoms with E-state index in [1.807, 2.05) is 17.4 Å². The highest BCUT2D eigenvalue weighted by Gasteiger charge is 2.46. The van der Waals surface area contributed by atoms with Crippen LogP contribution in [0.25, 0.3) is 32.4 Å². The van der Waals surface area contributed by atoms with Gasteiger partial charge in [-0.3, -0.25) is 0 Å². The highest BCUT2D eigenvalue weighted by Crippen LogP contribution is 2.51. The van der Waals surface area contributed by atoms with E-state index in [0.29, 0.717) is 0 Å². The van der Waals surface area contributed by atoms with Crippen LogP contribution in [0.2, 0.25) is 0 Å². The molecular formula is C57H59BN2OS. The fraction of sp³-hybridized carbons (Fsp3) is 0.298. The van der Waals surface area contributed by atoms with Gasteiger partial charge >= 0.3 is 0 Å². The quantitative estimate of drug-likeness (QED) is 0.165. The molecule has 0 unspecified atom stereocenters. The largest absolute Gasteiger partial charge is 0.456 e. The standard InChI is InChI=1S/C57H59BN2OS/c1-32-23-45-50-46(24-32)60(52-35(4)27-41(28-36(52)5)57(12,13)14)53-42-30-39(55(6,7)8)20-22-49(42)62-54(53)58(50)43-31-40(56(9,10)11)19-21-44(43)59(45)51-33(2)25-38(26-34(51)3)48-29-37-17-15-16-18-47(37)61-48/h15-31H,1-14H3. The summed E-state index contributed by atoms with van der Waals surface area (Å²) in [6, 6.07) is 39.5. The van der Waals surface area contributed by atoms with Crippen LogP contribution in [0, 0.1) is 34.6 Å². The lowest BCUT2D eigenvalue weighted by molar-refractivity contribution is 0.589. The van der Waals surface area contributed by atoms with E-state index in [0.717, 1.165) is 22.3 Å². The number of nitrogens with zero attached hydrogens (tertiary/aromatic N) is 2. The van der Waals surface area contributed by atoms with E-state index in [9.17, 15) is 0 Å². The summed E-state index contributed by atoms with van der Waals surface area (Å²) in [5.74, 6) is 0.900. The van der Waals surface area contributed by atoms with Gasteiger partial charge in [0, 0.05) is 42.9 Å². The van der Waals surface area contributed by atoms with Crippen molar-refractivity contribution in [2.45, 2.75) is 113 Å². The average molecular weight is 831 g/mol. The van der Waals surface area contributed by atoms with Gasteiger partial charge in [0.15, 0.2) is 0 Å². The van der Waals surface area contributed by atoms with Gasteiger partial charge in [0.05, 0.1) is 17.1 Å². The van der Waals surface area contributed by atoms with Crippen molar-refractivity contribution in [2.24, 2.45) is 0 Å². The Bertz CT molecular complexity index is 3080. The number of anilines is 6. The molecule has 2 aliphatic rings. The summed E-state index contributed by atoms with van der Waals surface area (Å²) in [5.41, 5.74) is 22.8. The second-order valence-corrected chi connectivity index (χ2v) is 22.5. The molecule has 0 amide bonds. The molecule has 5 heteroatoms. The molecule has 0 spiro atoms. The number of rotatable bonds is 3. The third-order valence-electron chi connectivity index (χ3n) is 13.5. The number of benzene rings is 6. The van der Waals surface area contributed by atoms with E-state index in [1.54, 1.807) is 0 Å². The molecule has 0 fully saturated rings. The smallest absolute Gasteiger partial charge is 0.264 e.